The van der Waals surface area contributed by atoms with Gasteiger partial charge in [0.25, 0.3) is 0 Å². The third-order valence-electron chi connectivity index (χ3n) is 10.8. The average molecular weight is 689 g/mol. The summed E-state index contributed by atoms with van der Waals surface area (Å²) < 4.78 is 13.2. The molecule has 2 heteroatoms. The highest BCUT2D eigenvalue weighted by molar-refractivity contribution is 6.20. The molecule has 0 N–H and O–H groups in total. The van der Waals surface area contributed by atoms with E-state index in [2.05, 4.69) is 182 Å². The van der Waals surface area contributed by atoms with Crippen LogP contribution < -0.4 is 0 Å². The molecule has 54 heavy (non-hydrogen) atoms. The lowest BCUT2D eigenvalue weighted by molar-refractivity contribution is 0.669. The highest BCUT2D eigenvalue weighted by Gasteiger charge is 2.19. The molecule has 0 radical (unpaired) electrons. The largest absolute Gasteiger partial charge is 0.456 e. The van der Waals surface area contributed by atoms with Crippen molar-refractivity contribution >= 4 is 54.6 Å². The van der Waals surface area contributed by atoms with Gasteiger partial charge in [-0.2, -0.15) is 0 Å². The van der Waals surface area contributed by atoms with E-state index >= 15 is 0 Å². The molecular weight excluding hydrogens is 657 g/mol. The molecule has 0 bridgehead atoms. The highest BCUT2D eigenvalue weighted by Crippen LogP contribution is 2.44. The van der Waals surface area contributed by atoms with E-state index in [1.807, 2.05) is 12.1 Å². The summed E-state index contributed by atoms with van der Waals surface area (Å²) in [5.74, 6) is 0. The first-order valence-electron chi connectivity index (χ1n) is 18.4. The Kier molecular flexibility index (Phi) is 6.90. The quantitative estimate of drug-likeness (QED) is 0.180. The number of hydrogen-bond acceptors (Lipinski definition) is 2. The minimum absolute atomic E-state index is 0.889. The van der Waals surface area contributed by atoms with E-state index in [1.165, 1.54) is 27.6 Å². The van der Waals surface area contributed by atoms with Gasteiger partial charge in [-0.05, 0) is 104 Å². The van der Waals surface area contributed by atoms with Gasteiger partial charge in [0.1, 0.15) is 22.3 Å². The lowest BCUT2D eigenvalue weighted by Crippen LogP contribution is -1.88. The van der Waals surface area contributed by atoms with Gasteiger partial charge in [-0.3, -0.25) is 0 Å². The maximum absolute atomic E-state index is 6.99. The van der Waals surface area contributed by atoms with Crippen LogP contribution in [0.1, 0.15) is 0 Å². The fourth-order valence-corrected chi connectivity index (χ4v) is 8.23. The smallest absolute Gasteiger partial charge is 0.143 e. The van der Waals surface area contributed by atoms with Gasteiger partial charge in [-0.1, -0.05) is 146 Å². The minimum atomic E-state index is 0.889. The van der Waals surface area contributed by atoms with Crippen LogP contribution in [0.4, 0.5) is 0 Å². The number of fused-ring (bicyclic) bond motifs is 8. The molecule has 2 aromatic heterocycles. The molecule has 9 aromatic carbocycles. The lowest BCUT2D eigenvalue weighted by Gasteiger charge is -2.13. The van der Waals surface area contributed by atoms with Crippen LogP contribution in [0, 0.1) is 0 Å². The molecule has 11 aromatic rings. The maximum Gasteiger partial charge on any atom is 0.143 e. The van der Waals surface area contributed by atoms with E-state index < -0.39 is 0 Å². The Morgan fingerprint density at radius 2 is 0.759 bits per heavy atom. The summed E-state index contributed by atoms with van der Waals surface area (Å²) in [6.07, 6.45) is 0. The topological polar surface area (TPSA) is 26.3 Å². The zero-order chi connectivity index (χ0) is 35.6. The average Bonchev–Trinajstić information content (AvgIpc) is 3.82. The van der Waals surface area contributed by atoms with Crippen LogP contribution in [0.5, 0.6) is 0 Å². The number of para-hydroxylation sites is 2. The molecule has 2 nitrogen and oxygen atoms in total. The molecule has 11 rings (SSSR count). The standard InChI is InChI=1S/C52H32O2/c1-3-13-33(14-4-1)35-17-11-18-36(27-35)38-28-39(37-25-26-50-47(31-37)43-20-9-10-24-49(43)53-50)30-40(29-38)41-22-12-23-45-48-32-46(34-15-5-2-6-16-34)42-19-7-8-21-44(42)52(48)54-51(41)45/h1-32H. The lowest BCUT2D eigenvalue weighted by atomic mass is 9.91. The maximum atomic E-state index is 6.99. The van der Waals surface area contributed by atoms with E-state index in [4.69, 9.17) is 8.83 Å². The highest BCUT2D eigenvalue weighted by atomic mass is 16.3. The Morgan fingerprint density at radius 1 is 0.222 bits per heavy atom. The molecule has 0 aliphatic rings. The van der Waals surface area contributed by atoms with Crippen molar-refractivity contribution in [2.75, 3.05) is 0 Å². The Hall–Kier alpha value is -7.16. The second-order valence-corrected chi connectivity index (χ2v) is 14.1. The predicted octanol–water partition coefficient (Wildman–Crippen LogP) is 15.0. The summed E-state index contributed by atoms with van der Waals surface area (Å²) in [4.78, 5) is 0. The van der Waals surface area contributed by atoms with Crippen LogP contribution >= 0.6 is 0 Å². The van der Waals surface area contributed by atoms with Gasteiger partial charge in [-0.25, -0.2) is 0 Å². The first kappa shape index (κ1) is 30.5. The summed E-state index contributed by atoms with van der Waals surface area (Å²) in [6, 6.07) is 69.3. The second kappa shape index (κ2) is 12.2. The van der Waals surface area contributed by atoms with Crippen molar-refractivity contribution in [3.05, 3.63) is 194 Å². The van der Waals surface area contributed by atoms with Crippen LogP contribution in [0.2, 0.25) is 0 Å². The van der Waals surface area contributed by atoms with E-state index in [0.29, 0.717) is 0 Å². The van der Waals surface area contributed by atoms with Gasteiger partial charge >= 0.3 is 0 Å². The SMILES string of the molecule is c1ccc(-c2cccc(-c3cc(-c4ccc5oc6ccccc6c5c4)cc(-c4cccc5c4oc4c6ccccc6c(-c6ccccc6)cc54)c3)c2)cc1. The summed E-state index contributed by atoms with van der Waals surface area (Å²) in [5, 5.41) is 6.76. The summed E-state index contributed by atoms with van der Waals surface area (Å²) in [6.45, 7) is 0. The van der Waals surface area contributed by atoms with Crippen molar-refractivity contribution in [2.24, 2.45) is 0 Å². The zero-order valence-electron chi connectivity index (χ0n) is 29.3. The Bertz CT molecular complexity index is 3200. The van der Waals surface area contributed by atoms with Crippen molar-refractivity contribution in [2.45, 2.75) is 0 Å². The van der Waals surface area contributed by atoms with Crippen molar-refractivity contribution < 1.29 is 8.83 Å². The molecule has 252 valence electrons. The van der Waals surface area contributed by atoms with E-state index in [9.17, 15) is 0 Å². The van der Waals surface area contributed by atoms with Crippen molar-refractivity contribution in [3.63, 3.8) is 0 Å². The number of benzene rings is 9. The summed E-state index contributed by atoms with van der Waals surface area (Å²) >= 11 is 0. The van der Waals surface area contributed by atoms with E-state index in [0.717, 1.165) is 82.6 Å². The van der Waals surface area contributed by atoms with E-state index in [1.54, 1.807) is 0 Å². The Balaban J connectivity index is 1.15. The second-order valence-electron chi connectivity index (χ2n) is 14.1. The van der Waals surface area contributed by atoms with Gasteiger partial charge in [0.2, 0.25) is 0 Å². The molecule has 0 atom stereocenters. The van der Waals surface area contributed by atoms with Crippen molar-refractivity contribution in [3.8, 4) is 55.6 Å². The molecule has 0 saturated heterocycles. The zero-order valence-corrected chi connectivity index (χ0v) is 29.3. The molecule has 0 aliphatic carbocycles. The van der Waals surface area contributed by atoms with Gasteiger partial charge in [0, 0.05) is 32.5 Å². The summed E-state index contributed by atoms with van der Waals surface area (Å²) in [5.41, 5.74) is 15.1. The normalized spacial score (nSPS) is 11.7. The van der Waals surface area contributed by atoms with Gasteiger partial charge in [0.15, 0.2) is 0 Å². The fourth-order valence-electron chi connectivity index (χ4n) is 8.23. The molecule has 0 fully saturated rings. The van der Waals surface area contributed by atoms with Gasteiger partial charge in [0.05, 0.1) is 0 Å². The van der Waals surface area contributed by atoms with Crippen LogP contribution in [0.15, 0.2) is 203 Å². The molecule has 0 unspecified atom stereocenters. The number of rotatable bonds is 5. The predicted molar refractivity (Wildman–Crippen MR) is 226 cm³/mol. The third-order valence-corrected chi connectivity index (χ3v) is 10.8. The van der Waals surface area contributed by atoms with Crippen molar-refractivity contribution in [1.82, 2.24) is 0 Å². The molecule has 0 saturated carbocycles. The fraction of sp³-hybridized carbons (Fsp3) is 0. The van der Waals surface area contributed by atoms with Crippen molar-refractivity contribution in [1.29, 1.82) is 0 Å². The first-order chi connectivity index (χ1) is 26.7. The first-order valence-corrected chi connectivity index (χ1v) is 18.4. The van der Waals surface area contributed by atoms with Crippen LogP contribution in [-0.2, 0) is 0 Å². The Labute approximate surface area is 312 Å². The molecule has 0 amide bonds. The molecule has 0 aliphatic heterocycles. The third kappa shape index (κ3) is 4.96. The minimum Gasteiger partial charge on any atom is -0.456 e. The Morgan fingerprint density at radius 3 is 1.56 bits per heavy atom. The van der Waals surface area contributed by atoms with Crippen LogP contribution in [0.25, 0.3) is 110 Å². The van der Waals surface area contributed by atoms with E-state index in [-0.39, 0.29) is 0 Å². The molecule has 0 spiro atoms. The van der Waals surface area contributed by atoms with Gasteiger partial charge in [-0.15, -0.1) is 0 Å². The molecular formula is C52H32O2. The summed E-state index contributed by atoms with van der Waals surface area (Å²) in [7, 11) is 0. The van der Waals surface area contributed by atoms with Crippen LogP contribution in [0.3, 0.4) is 0 Å². The monoisotopic (exact) mass is 688 g/mol. The van der Waals surface area contributed by atoms with Crippen LogP contribution in [-0.4, -0.2) is 0 Å². The number of furan rings is 2. The van der Waals surface area contributed by atoms with Gasteiger partial charge < -0.3 is 8.83 Å². The number of hydrogen-bond donors (Lipinski definition) is 0. The molecule has 2 heterocycles.